The summed E-state index contributed by atoms with van der Waals surface area (Å²) in [6, 6.07) is 6.91. The lowest BCUT2D eigenvalue weighted by Gasteiger charge is -2.30. The second-order valence-electron chi connectivity index (χ2n) is 8.11. The van der Waals surface area contributed by atoms with Gasteiger partial charge in [-0.25, -0.2) is 4.79 Å². The lowest BCUT2D eigenvalue weighted by atomic mass is 9.87. The molecule has 0 aromatic heterocycles. The van der Waals surface area contributed by atoms with Crippen molar-refractivity contribution >= 4 is 40.6 Å². The van der Waals surface area contributed by atoms with Gasteiger partial charge in [0, 0.05) is 11.6 Å². The molecule has 2 rings (SSSR count). The van der Waals surface area contributed by atoms with Gasteiger partial charge in [0.2, 0.25) is 11.8 Å². The van der Waals surface area contributed by atoms with Crippen LogP contribution in [0.3, 0.4) is 0 Å². The zero-order chi connectivity index (χ0) is 27.5. The Morgan fingerprint density at radius 1 is 1.03 bits per heavy atom. The Balaban J connectivity index is 0.00000185. The van der Waals surface area contributed by atoms with Crippen molar-refractivity contribution in [1.29, 1.82) is 0 Å². The van der Waals surface area contributed by atoms with Gasteiger partial charge in [-0.15, -0.1) is 0 Å². The van der Waals surface area contributed by atoms with Crippen molar-refractivity contribution in [3.05, 3.63) is 41.5 Å². The third-order valence-electron chi connectivity index (χ3n) is 5.35. The Bertz CT molecular complexity index is 868. The van der Waals surface area contributed by atoms with Gasteiger partial charge in [-0.3, -0.25) is 9.59 Å². The number of carbonyl (C=O) groups is 3. The summed E-state index contributed by atoms with van der Waals surface area (Å²) in [5, 5.41) is 8.50. The molecule has 0 aliphatic carbocycles. The topological polar surface area (TPSA) is 96.5 Å². The van der Waals surface area contributed by atoms with Gasteiger partial charge in [-0.1, -0.05) is 104 Å². The Morgan fingerprint density at radius 2 is 1.64 bits per heavy atom. The molecule has 0 bridgehead atoms. The van der Waals surface area contributed by atoms with Crippen LogP contribution in [0.4, 0.5) is 0 Å². The van der Waals surface area contributed by atoms with Crippen LogP contribution in [0, 0.1) is 0 Å². The van der Waals surface area contributed by atoms with Crippen molar-refractivity contribution in [3.63, 3.8) is 0 Å². The maximum atomic E-state index is 12.5. The first kappa shape index (κ1) is 33.3. The Morgan fingerprint density at radius 3 is 2.17 bits per heavy atom. The summed E-state index contributed by atoms with van der Waals surface area (Å²) in [5.74, 6) is -1.32. The summed E-state index contributed by atoms with van der Waals surface area (Å²) >= 11 is 5.47. The number of unbranched alkanes of at least 4 members (excludes halogenated alkanes) is 1. The van der Waals surface area contributed by atoms with E-state index in [0.717, 1.165) is 29.5 Å². The summed E-state index contributed by atoms with van der Waals surface area (Å²) in [6.07, 6.45) is 7.09. The molecular weight excluding hydrogens is 474 g/mol. The van der Waals surface area contributed by atoms with E-state index >= 15 is 0 Å². The highest BCUT2D eigenvalue weighted by Crippen LogP contribution is 2.29. The van der Waals surface area contributed by atoms with Crippen LogP contribution in [0.1, 0.15) is 91.2 Å². The number of esters is 1. The zero-order valence-electron chi connectivity index (χ0n) is 23.0. The number of hydrogen-bond donors (Lipinski definition) is 3. The molecule has 0 spiro atoms. The van der Waals surface area contributed by atoms with E-state index in [-0.39, 0.29) is 18.5 Å². The molecule has 1 heterocycles. The Hall–Kier alpha value is -2.74. The molecule has 2 unspecified atom stereocenters. The van der Waals surface area contributed by atoms with Crippen LogP contribution in [0.15, 0.2) is 30.3 Å². The lowest BCUT2D eigenvalue weighted by Crippen LogP contribution is -2.46. The van der Waals surface area contributed by atoms with Gasteiger partial charge in [0.25, 0.3) is 0 Å². The Labute approximate surface area is 222 Å². The second-order valence-corrected chi connectivity index (χ2v) is 8.52. The molecular formula is C28H45N3O4S. The summed E-state index contributed by atoms with van der Waals surface area (Å²) < 4.78 is 4.70. The molecule has 0 radical (unpaired) electrons. The molecule has 1 aromatic rings. The van der Waals surface area contributed by atoms with Crippen molar-refractivity contribution < 1.29 is 19.1 Å². The van der Waals surface area contributed by atoms with E-state index in [1.54, 1.807) is 0 Å². The molecule has 1 aliphatic heterocycles. The molecule has 7 nitrogen and oxygen atoms in total. The summed E-state index contributed by atoms with van der Waals surface area (Å²) in [4.78, 5) is 37.1. The predicted molar refractivity (Wildman–Crippen MR) is 152 cm³/mol. The largest absolute Gasteiger partial charge is 0.467 e. The van der Waals surface area contributed by atoms with Crippen LogP contribution in [0.25, 0.3) is 5.57 Å². The number of thiocarbonyl (C=S) groups is 1. The number of nitrogens with one attached hydrogen (secondary N) is 3. The van der Waals surface area contributed by atoms with Crippen LogP contribution in [0.5, 0.6) is 0 Å². The standard InChI is InChI=1S/C22H29N3O4S.C4H10.C2H6/c1-4-8-17-16(14-10-6-7-11-15(14)21(30)25-17)12-19(26)23-13-20(27)24-18(9-5-2)22(28)29-3;1-3-4-2;1-2/h6-7,10-12,17-18H,4-5,8-9,13H2,1-3H3,(H,23,26)(H,24,27)(H,25,30);3-4H2,1-2H3;1-2H3/b16-12-;;. The summed E-state index contributed by atoms with van der Waals surface area (Å²) in [7, 11) is 1.28. The minimum Gasteiger partial charge on any atom is -0.467 e. The second kappa shape index (κ2) is 19.4. The SMILES string of the molecule is CC.CCCC.CCCC(NC(=O)CNC(=O)/C=C1/c2ccccc2C(=S)NC1CCC)C(=O)OC. The van der Waals surface area contributed by atoms with E-state index in [4.69, 9.17) is 17.0 Å². The highest BCUT2D eigenvalue weighted by atomic mass is 32.1. The van der Waals surface area contributed by atoms with E-state index in [1.807, 2.05) is 45.0 Å². The number of carbonyl (C=O) groups excluding carboxylic acids is 3. The fourth-order valence-electron chi connectivity index (χ4n) is 3.41. The monoisotopic (exact) mass is 519 g/mol. The zero-order valence-corrected chi connectivity index (χ0v) is 23.8. The molecule has 1 aromatic carbocycles. The average molecular weight is 520 g/mol. The Kier molecular flexibility index (Phi) is 18.0. The number of amides is 2. The quantitative estimate of drug-likeness (QED) is 0.231. The van der Waals surface area contributed by atoms with Crippen LogP contribution >= 0.6 is 12.2 Å². The van der Waals surface area contributed by atoms with Gasteiger partial charge >= 0.3 is 5.97 Å². The fraction of sp³-hybridized carbons (Fsp3) is 0.571. The number of benzene rings is 1. The molecule has 1 aliphatic rings. The first-order chi connectivity index (χ1) is 17.3. The summed E-state index contributed by atoms with van der Waals surface area (Å²) in [6.45, 7) is 12.1. The van der Waals surface area contributed by atoms with Gasteiger partial charge in [0.15, 0.2) is 0 Å². The summed E-state index contributed by atoms with van der Waals surface area (Å²) in [5.41, 5.74) is 2.66. The fourth-order valence-corrected chi connectivity index (χ4v) is 3.73. The third-order valence-corrected chi connectivity index (χ3v) is 5.69. The minimum atomic E-state index is -0.716. The molecule has 2 atom stereocenters. The number of methoxy groups -OCH3 is 1. The molecule has 202 valence electrons. The van der Waals surface area contributed by atoms with Crippen LogP contribution in [-0.2, 0) is 19.1 Å². The van der Waals surface area contributed by atoms with Gasteiger partial charge < -0.3 is 20.7 Å². The highest BCUT2D eigenvalue weighted by Gasteiger charge is 2.26. The first-order valence-electron chi connectivity index (χ1n) is 13.1. The van der Waals surface area contributed by atoms with Crippen LogP contribution in [-0.4, -0.2) is 48.5 Å². The van der Waals surface area contributed by atoms with Crippen molar-refractivity contribution in [2.45, 2.75) is 92.2 Å². The van der Waals surface area contributed by atoms with Crippen molar-refractivity contribution in [2.75, 3.05) is 13.7 Å². The molecule has 2 amide bonds. The van der Waals surface area contributed by atoms with E-state index in [9.17, 15) is 14.4 Å². The molecule has 8 heteroatoms. The molecule has 0 saturated heterocycles. The molecule has 3 N–H and O–H groups in total. The number of fused-ring (bicyclic) bond motifs is 1. The van der Waals surface area contributed by atoms with Crippen LogP contribution < -0.4 is 16.0 Å². The van der Waals surface area contributed by atoms with Gasteiger partial charge in [-0.05, 0) is 24.0 Å². The molecule has 0 saturated carbocycles. The van der Waals surface area contributed by atoms with E-state index in [0.29, 0.717) is 17.8 Å². The maximum Gasteiger partial charge on any atom is 0.328 e. The van der Waals surface area contributed by atoms with Crippen molar-refractivity contribution in [3.8, 4) is 0 Å². The van der Waals surface area contributed by atoms with Crippen molar-refractivity contribution in [2.24, 2.45) is 0 Å². The predicted octanol–water partition coefficient (Wildman–Crippen LogP) is 4.92. The number of rotatable bonds is 10. The van der Waals surface area contributed by atoms with Crippen molar-refractivity contribution in [1.82, 2.24) is 16.0 Å². The number of ether oxygens (including phenoxy) is 1. The smallest absolute Gasteiger partial charge is 0.328 e. The van der Waals surface area contributed by atoms with E-state index < -0.39 is 17.9 Å². The first-order valence-corrected chi connectivity index (χ1v) is 13.5. The number of hydrogen-bond acceptors (Lipinski definition) is 5. The van der Waals surface area contributed by atoms with Gasteiger partial charge in [-0.2, -0.15) is 0 Å². The maximum absolute atomic E-state index is 12.5. The van der Waals surface area contributed by atoms with Gasteiger partial charge in [0.1, 0.15) is 11.0 Å². The molecule has 36 heavy (non-hydrogen) atoms. The third kappa shape index (κ3) is 11.3. The minimum absolute atomic E-state index is 0.0646. The van der Waals surface area contributed by atoms with E-state index in [2.05, 4.69) is 36.7 Å². The van der Waals surface area contributed by atoms with Gasteiger partial charge in [0.05, 0.1) is 19.7 Å². The average Bonchev–Trinajstić information content (AvgIpc) is 2.90. The van der Waals surface area contributed by atoms with Crippen LogP contribution in [0.2, 0.25) is 0 Å². The van der Waals surface area contributed by atoms with E-state index in [1.165, 1.54) is 26.0 Å². The highest BCUT2D eigenvalue weighted by molar-refractivity contribution is 7.80. The normalized spacial score (nSPS) is 15.6. The lowest BCUT2D eigenvalue weighted by molar-refractivity contribution is -0.145. The molecule has 0 fully saturated rings.